The number of amides is 2. The van der Waals surface area contributed by atoms with E-state index in [-0.39, 0.29) is 17.7 Å². The van der Waals surface area contributed by atoms with E-state index in [1.807, 2.05) is 45.0 Å². The summed E-state index contributed by atoms with van der Waals surface area (Å²) in [7, 11) is 0. The molecule has 0 saturated carbocycles. The van der Waals surface area contributed by atoms with E-state index in [0.717, 1.165) is 11.1 Å². The third-order valence-corrected chi connectivity index (χ3v) is 2.80. The predicted molar refractivity (Wildman–Crippen MR) is 67.7 cm³/mol. The number of piperidine rings is 1. The molecule has 2 amide bonds. The topological polar surface area (TPSA) is 46.2 Å². The Balaban J connectivity index is 0.000000686. The van der Waals surface area contributed by atoms with Crippen molar-refractivity contribution in [3.05, 3.63) is 35.4 Å². The summed E-state index contributed by atoms with van der Waals surface area (Å²) in [6.07, 6.45) is 1.06. The van der Waals surface area contributed by atoms with Gasteiger partial charge in [0.15, 0.2) is 0 Å². The van der Waals surface area contributed by atoms with Crippen LogP contribution in [-0.4, -0.2) is 11.8 Å². The highest BCUT2D eigenvalue weighted by Crippen LogP contribution is 2.26. The van der Waals surface area contributed by atoms with Gasteiger partial charge in [0.1, 0.15) is 0 Å². The van der Waals surface area contributed by atoms with E-state index >= 15 is 0 Å². The molecule has 1 N–H and O–H groups in total. The second kappa shape index (κ2) is 6.18. The largest absolute Gasteiger partial charge is 0.296 e. The van der Waals surface area contributed by atoms with Gasteiger partial charge in [-0.1, -0.05) is 38.1 Å². The van der Waals surface area contributed by atoms with Gasteiger partial charge in [-0.15, -0.1) is 0 Å². The summed E-state index contributed by atoms with van der Waals surface area (Å²) >= 11 is 0. The highest BCUT2D eigenvalue weighted by Gasteiger charge is 2.28. The standard InChI is InChI=1S/C12H13NO2.C2H6/c1-8-4-2-3-5-9(8)10-6-7-11(14)13-12(10)15;1-2/h2-5,10H,6-7H2,1H3,(H,13,14,15);1-2H3. The zero-order valence-corrected chi connectivity index (χ0v) is 10.6. The smallest absolute Gasteiger partial charge is 0.234 e. The van der Waals surface area contributed by atoms with Gasteiger partial charge in [-0.25, -0.2) is 0 Å². The number of carbonyl (C=O) groups is 2. The van der Waals surface area contributed by atoms with Crippen LogP contribution in [0.1, 0.15) is 43.7 Å². The van der Waals surface area contributed by atoms with Crippen molar-refractivity contribution < 1.29 is 9.59 Å². The molecule has 0 aliphatic carbocycles. The van der Waals surface area contributed by atoms with Crippen molar-refractivity contribution in [1.82, 2.24) is 5.32 Å². The molecule has 1 aliphatic heterocycles. The molecule has 0 bridgehead atoms. The molecule has 3 nitrogen and oxygen atoms in total. The lowest BCUT2D eigenvalue weighted by molar-refractivity contribution is -0.134. The monoisotopic (exact) mass is 233 g/mol. The summed E-state index contributed by atoms with van der Waals surface area (Å²) in [5, 5.41) is 2.38. The average Bonchev–Trinajstić information content (AvgIpc) is 2.33. The molecular weight excluding hydrogens is 214 g/mol. The van der Waals surface area contributed by atoms with Crippen molar-refractivity contribution in [3.8, 4) is 0 Å². The molecule has 1 atom stereocenters. The normalized spacial score (nSPS) is 19.1. The van der Waals surface area contributed by atoms with Crippen LogP contribution in [0.2, 0.25) is 0 Å². The lowest BCUT2D eigenvalue weighted by Gasteiger charge is -2.22. The maximum atomic E-state index is 11.6. The number of nitrogens with one attached hydrogen (secondary N) is 1. The first-order valence-electron chi connectivity index (χ1n) is 6.07. The maximum Gasteiger partial charge on any atom is 0.234 e. The van der Waals surface area contributed by atoms with Crippen LogP contribution < -0.4 is 5.32 Å². The second-order valence-corrected chi connectivity index (χ2v) is 3.86. The fourth-order valence-electron chi connectivity index (χ4n) is 1.97. The molecule has 1 fully saturated rings. The van der Waals surface area contributed by atoms with Gasteiger partial charge in [-0.3, -0.25) is 14.9 Å². The summed E-state index contributed by atoms with van der Waals surface area (Å²) in [5.41, 5.74) is 2.13. The lowest BCUT2D eigenvalue weighted by atomic mass is 9.88. The van der Waals surface area contributed by atoms with E-state index < -0.39 is 0 Å². The summed E-state index contributed by atoms with van der Waals surface area (Å²) < 4.78 is 0. The third kappa shape index (κ3) is 3.16. The fourth-order valence-corrected chi connectivity index (χ4v) is 1.97. The molecule has 1 aromatic rings. The molecule has 1 saturated heterocycles. The van der Waals surface area contributed by atoms with E-state index in [9.17, 15) is 9.59 Å². The highest BCUT2D eigenvalue weighted by atomic mass is 16.2. The van der Waals surface area contributed by atoms with Gasteiger partial charge in [0, 0.05) is 6.42 Å². The summed E-state index contributed by atoms with van der Waals surface area (Å²) in [6, 6.07) is 7.81. The number of benzene rings is 1. The van der Waals surface area contributed by atoms with Crippen molar-refractivity contribution in [2.45, 2.75) is 39.5 Å². The van der Waals surface area contributed by atoms with Crippen LogP contribution in [-0.2, 0) is 9.59 Å². The van der Waals surface area contributed by atoms with Gasteiger partial charge in [-0.05, 0) is 24.5 Å². The molecule has 1 aromatic carbocycles. The zero-order chi connectivity index (χ0) is 12.8. The second-order valence-electron chi connectivity index (χ2n) is 3.86. The molecular formula is C14H19NO2. The van der Waals surface area contributed by atoms with Crippen LogP contribution in [0, 0.1) is 6.92 Å². The molecule has 0 spiro atoms. The van der Waals surface area contributed by atoms with E-state index in [4.69, 9.17) is 0 Å². The van der Waals surface area contributed by atoms with E-state index in [1.54, 1.807) is 0 Å². The first-order chi connectivity index (χ1) is 8.18. The van der Waals surface area contributed by atoms with Crippen molar-refractivity contribution in [2.75, 3.05) is 0 Å². The Kier molecular flexibility index (Phi) is 4.88. The van der Waals surface area contributed by atoms with Crippen LogP contribution in [0.25, 0.3) is 0 Å². The first kappa shape index (κ1) is 13.4. The number of carbonyl (C=O) groups excluding carboxylic acids is 2. The Labute approximate surface area is 102 Å². The molecule has 2 rings (SSSR count). The number of aryl methyl sites for hydroxylation is 1. The molecule has 0 aromatic heterocycles. The molecule has 92 valence electrons. The van der Waals surface area contributed by atoms with Gasteiger partial charge < -0.3 is 0 Å². The van der Waals surface area contributed by atoms with E-state index in [2.05, 4.69) is 5.32 Å². The van der Waals surface area contributed by atoms with Crippen molar-refractivity contribution in [1.29, 1.82) is 0 Å². The maximum absolute atomic E-state index is 11.6. The summed E-state index contributed by atoms with van der Waals surface area (Å²) in [6.45, 7) is 5.99. The van der Waals surface area contributed by atoms with Crippen molar-refractivity contribution in [2.24, 2.45) is 0 Å². The minimum absolute atomic E-state index is 0.162. The third-order valence-electron chi connectivity index (χ3n) is 2.80. The van der Waals surface area contributed by atoms with Crippen LogP contribution in [0.15, 0.2) is 24.3 Å². The summed E-state index contributed by atoms with van der Waals surface area (Å²) in [5.74, 6) is -0.491. The van der Waals surface area contributed by atoms with Crippen LogP contribution >= 0.6 is 0 Å². The number of rotatable bonds is 1. The van der Waals surface area contributed by atoms with Crippen molar-refractivity contribution >= 4 is 11.8 Å². The zero-order valence-electron chi connectivity index (χ0n) is 10.6. The molecule has 3 heteroatoms. The van der Waals surface area contributed by atoms with Crippen LogP contribution in [0.3, 0.4) is 0 Å². The van der Waals surface area contributed by atoms with Gasteiger partial charge in [0.05, 0.1) is 5.92 Å². The minimum Gasteiger partial charge on any atom is -0.296 e. The Morgan fingerprint density at radius 2 is 1.82 bits per heavy atom. The Morgan fingerprint density at radius 1 is 1.18 bits per heavy atom. The SMILES string of the molecule is CC.Cc1ccccc1C1CCC(=O)NC1=O. The number of imide groups is 1. The molecule has 0 radical (unpaired) electrons. The lowest BCUT2D eigenvalue weighted by Crippen LogP contribution is -2.39. The Bertz CT molecular complexity index is 412. The quantitative estimate of drug-likeness (QED) is 0.758. The highest BCUT2D eigenvalue weighted by molar-refractivity contribution is 6.01. The Hall–Kier alpha value is -1.64. The molecule has 1 heterocycles. The van der Waals surface area contributed by atoms with E-state index in [1.165, 1.54) is 0 Å². The first-order valence-corrected chi connectivity index (χ1v) is 6.07. The number of hydrogen-bond acceptors (Lipinski definition) is 2. The predicted octanol–water partition coefficient (Wildman–Crippen LogP) is 2.54. The van der Waals surface area contributed by atoms with Crippen LogP contribution in [0.5, 0.6) is 0 Å². The van der Waals surface area contributed by atoms with Gasteiger partial charge in [-0.2, -0.15) is 0 Å². The fraction of sp³-hybridized carbons (Fsp3) is 0.429. The Morgan fingerprint density at radius 3 is 2.41 bits per heavy atom. The molecule has 1 unspecified atom stereocenters. The number of hydrogen-bond donors (Lipinski definition) is 1. The minimum atomic E-state index is -0.166. The molecule has 1 aliphatic rings. The van der Waals surface area contributed by atoms with Gasteiger partial charge in [0.25, 0.3) is 0 Å². The summed E-state index contributed by atoms with van der Waals surface area (Å²) in [4.78, 5) is 22.6. The van der Waals surface area contributed by atoms with Gasteiger partial charge >= 0.3 is 0 Å². The molecule has 17 heavy (non-hydrogen) atoms. The van der Waals surface area contributed by atoms with Gasteiger partial charge in [0.2, 0.25) is 11.8 Å². The van der Waals surface area contributed by atoms with Crippen molar-refractivity contribution in [3.63, 3.8) is 0 Å². The van der Waals surface area contributed by atoms with E-state index in [0.29, 0.717) is 12.8 Å². The van der Waals surface area contributed by atoms with Crippen LogP contribution in [0.4, 0.5) is 0 Å². The average molecular weight is 233 g/mol.